The van der Waals surface area contributed by atoms with Crippen molar-refractivity contribution in [2.45, 2.75) is 39.2 Å². The zero-order chi connectivity index (χ0) is 17.4. The number of aliphatic hydroxyl groups excluding tert-OH is 1. The van der Waals surface area contributed by atoms with Gasteiger partial charge in [-0.2, -0.15) is 0 Å². The first-order valence-corrected chi connectivity index (χ1v) is 8.72. The number of hydrogen-bond donors (Lipinski definition) is 3. The van der Waals surface area contributed by atoms with Gasteiger partial charge in [0.05, 0.1) is 19.8 Å². The van der Waals surface area contributed by atoms with Crippen molar-refractivity contribution >= 4 is 35.6 Å². The van der Waals surface area contributed by atoms with Crippen molar-refractivity contribution in [2.75, 3.05) is 32.1 Å². The smallest absolute Gasteiger partial charge is 0.195 e. The van der Waals surface area contributed by atoms with Crippen molar-refractivity contribution in [3.8, 4) is 11.5 Å². The molecule has 1 fully saturated rings. The SMILES string of the molecule is CCNC(=NCC1CCCC1O)Nc1ccc(OC)c(OCC)c1.I. The second-order valence-corrected chi connectivity index (χ2v) is 5.90. The van der Waals surface area contributed by atoms with E-state index in [9.17, 15) is 5.11 Å². The lowest BCUT2D eigenvalue weighted by atomic mass is 10.1. The maximum atomic E-state index is 9.93. The van der Waals surface area contributed by atoms with Gasteiger partial charge in [0.2, 0.25) is 0 Å². The lowest BCUT2D eigenvalue weighted by molar-refractivity contribution is 0.137. The van der Waals surface area contributed by atoms with Gasteiger partial charge in [0, 0.05) is 30.8 Å². The van der Waals surface area contributed by atoms with Gasteiger partial charge in [-0.1, -0.05) is 6.42 Å². The number of nitrogens with one attached hydrogen (secondary N) is 2. The van der Waals surface area contributed by atoms with Gasteiger partial charge in [-0.05, 0) is 38.8 Å². The van der Waals surface area contributed by atoms with Gasteiger partial charge in [-0.25, -0.2) is 0 Å². The Morgan fingerprint density at radius 3 is 2.68 bits per heavy atom. The molecule has 7 heteroatoms. The number of nitrogens with zero attached hydrogens (tertiary/aromatic N) is 1. The Kier molecular flexibility index (Phi) is 9.96. The summed E-state index contributed by atoms with van der Waals surface area (Å²) in [4.78, 5) is 4.62. The Morgan fingerprint density at radius 1 is 1.28 bits per heavy atom. The first-order valence-electron chi connectivity index (χ1n) is 8.72. The Labute approximate surface area is 167 Å². The lowest BCUT2D eigenvalue weighted by Crippen LogP contribution is -2.31. The number of hydrogen-bond acceptors (Lipinski definition) is 4. The number of rotatable bonds is 7. The van der Waals surface area contributed by atoms with Crippen LogP contribution in [0.2, 0.25) is 0 Å². The number of guanidine groups is 1. The molecule has 1 aliphatic carbocycles. The second-order valence-electron chi connectivity index (χ2n) is 5.90. The molecule has 0 amide bonds. The fourth-order valence-electron chi connectivity index (χ4n) is 2.91. The van der Waals surface area contributed by atoms with Crippen molar-refractivity contribution < 1.29 is 14.6 Å². The van der Waals surface area contributed by atoms with Crippen molar-refractivity contribution in [1.82, 2.24) is 5.32 Å². The summed E-state index contributed by atoms with van der Waals surface area (Å²) in [5, 5.41) is 16.5. The summed E-state index contributed by atoms with van der Waals surface area (Å²) in [5.74, 6) is 2.38. The highest BCUT2D eigenvalue weighted by Crippen LogP contribution is 2.30. The summed E-state index contributed by atoms with van der Waals surface area (Å²) in [7, 11) is 1.63. The molecule has 2 rings (SSSR count). The zero-order valence-electron chi connectivity index (χ0n) is 15.2. The summed E-state index contributed by atoms with van der Waals surface area (Å²) < 4.78 is 10.9. The Bertz CT molecular complexity index is 554. The third-order valence-electron chi connectivity index (χ3n) is 4.17. The minimum Gasteiger partial charge on any atom is -0.493 e. The average Bonchev–Trinajstić information content (AvgIpc) is 2.98. The summed E-state index contributed by atoms with van der Waals surface area (Å²) >= 11 is 0. The number of ether oxygens (including phenoxy) is 2. The van der Waals surface area contributed by atoms with Crippen molar-refractivity contribution in [2.24, 2.45) is 10.9 Å². The monoisotopic (exact) mass is 463 g/mol. The van der Waals surface area contributed by atoms with Crippen LogP contribution < -0.4 is 20.1 Å². The van der Waals surface area contributed by atoms with Gasteiger partial charge >= 0.3 is 0 Å². The van der Waals surface area contributed by atoms with Gasteiger partial charge in [0.25, 0.3) is 0 Å². The van der Waals surface area contributed by atoms with Crippen LogP contribution in [-0.4, -0.2) is 44.0 Å². The molecule has 0 aromatic heterocycles. The van der Waals surface area contributed by atoms with E-state index in [-0.39, 0.29) is 36.0 Å². The van der Waals surface area contributed by atoms with E-state index in [1.165, 1.54) is 0 Å². The molecular formula is C18H30IN3O3. The normalized spacial score (nSPS) is 19.9. The molecular weight excluding hydrogens is 433 g/mol. The molecule has 142 valence electrons. The first kappa shape index (κ1) is 21.8. The minimum atomic E-state index is -0.220. The van der Waals surface area contributed by atoms with E-state index >= 15 is 0 Å². The predicted molar refractivity (Wildman–Crippen MR) is 113 cm³/mol. The molecule has 3 N–H and O–H groups in total. The molecule has 0 heterocycles. The maximum Gasteiger partial charge on any atom is 0.195 e. The van der Waals surface area contributed by atoms with E-state index in [0.29, 0.717) is 30.6 Å². The standard InChI is InChI=1S/C18H29N3O3.HI/c1-4-19-18(20-12-13-7-6-8-15(13)22)21-14-9-10-16(23-3)17(11-14)24-5-2;/h9-11,13,15,22H,4-8,12H2,1-3H3,(H2,19,20,21);1H. The topological polar surface area (TPSA) is 75.1 Å². The quantitative estimate of drug-likeness (QED) is 0.329. The van der Waals surface area contributed by atoms with E-state index in [1.54, 1.807) is 7.11 Å². The summed E-state index contributed by atoms with van der Waals surface area (Å²) in [6.45, 7) is 5.95. The van der Waals surface area contributed by atoms with E-state index < -0.39 is 0 Å². The molecule has 0 bridgehead atoms. The molecule has 6 nitrogen and oxygen atoms in total. The Hall–Kier alpha value is -1.22. The van der Waals surface area contributed by atoms with Crippen LogP contribution in [0.15, 0.2) is 23.2 Å². The molecule has 0 saturated heterocycles. The minimum absolute atomic E-state index is 0. The molecule has 0 spiro atoms. The largest absolute Gasteiger partial charge is 0.493 e. The highest BCUT2D eigenvalue weighted by Gasteiger charge is 2.24. The van der Waals surface area contributed by atoms with Crippen LogP contribution >= 0.6 is 24.0 Å². The van der Waals surface area contributed by atoms with Crippen molar-refractivity contribution in [1.29, 1.82) is 0 Å². The van der Waals surface area contributed by atoms with E-state index in [2.05, 4.69) is 15.6 Å². The highest BCUT2D eigenvalue weighted by atomic mass is 127. The van der Waals surface area contributed by atoms with Gasteiger partial charge in [-0.3, -0.25) is 4.99 Å². The number of benzene rings is 1. The molecule has 0 aliphatic heterocycles. The number of anilines is 1. The first-order chi connectivity index (χ1) is 11.7. The Balaban J connectivity index is 0.00000312. The molecule has 1 aromatic carbocycles. The van der Waals surface area contributed by atoms with Crippen LogP contribution in [-0.2, 0) is 0 Å². The zero-order valence-corrected chi connectivity index (χ0v) is 17.6. The molecule has 0 radical (unpaired) electrons. The fraction of sp³-hybridized carbons (Fsp3) is 0.611. The summed E-state index contributed by atoms with van der Waals surface area (Å²) in [5.41, 5.74) is 0.880. The van der Waals surface area contributed by atoms with E-state index in [4.69, 9.17) is 9.47 Å². The average molecular weight is 463 g/mol. The predicted octanol–water partition coefficient (Wildman–Crippen LogP) is 3.25. The molecule has 25 heavy (non-hydrogen) atoms. The summed E-state index contributed by atoms with van der Waals surface area (Å²) in [6.07, 6.45) is 2.80. The third-order valence-corrected chi connectivity index (χ3v) is 4.17. The van der Waals surface area contributed by atoms with E-state index in [1.807, 2.05) is 32.0 Å². The molecule has 1 aliphatic rings. The summed E-state index contributed by atoms with van der Waals surface area (Å²) in [6, 6.07) is 5.70. The number of methoxy groups -OCH3 is 1. The fourth-order valence-corrected chi connectivity index (χ4v) is 2.91. The molecule has 2 unspecified atom stereocenters. The van der Waals surface area contributed by atoms with Crippen LogP contribution in [0, 0.1) is 5.92 Å². The van der Waals surface area contributed by atoms with Gasteiger partial charge in [0.1, 0.15) is 0 Å². The third kappa shape index (κ3) is 6.54. The van der Waals surface area contributed by atoms with E-state index in [0.717, 1.165) is 31.5 Å². The van der Waals surface area contributed by atoms with Gasteiger partial charge in [0.15, 0.2) is 17.5 Å². The van der Waals surface area contributed by atoms with Crippen LogP contribution in [0.5, 0.6) is 11.5 Å². The second kappa shape index (κ2) is 11.4. The highest BCUT2D eigenvalue weighted by molar-refractivity contribution is 14.0. The Morgan fingerprint density at radius 2 is 2.08 bits per heavy atom. The van der Waals surface area contributed by atoms with Crippen LogP contribution in [0.4, 0.5) is 5.69 Å². The van der Waals surface area contributed by atoms with Crippen molar-refractivity contribution in [3.63, 3.8) is 0 Å². The van der Waals surface area contributed by atoms with Crippen molar-refractivity contribution in [3.05, 3.63) is 18.2 Å². The van der Waals surface area contributed by atoms with Gasteiger partial charge in [-0.15, -0.1) is 24.0 Å². The maximum absolute atomic E-state index is 9.93. The van der Waals surface area contributed by atoms with Gasteiger partial charge < -0.3 is 25.2 Å². The number of aliphatic hydroxyl groups is 1. The molecule has 1 saturated carbocycles. The van der Waals surface area contributed by atoms with Crippen LogP contribution in [0.25, 0.3) is 0 Å². The molecule has 1 aromatic rings. The number of aliphatic imine (C=N–C) groups is 1. The lowest BCUT2D eigenvalue weighted by Gasteiger charge is -2.16. The number of halogens is 1. The van der Waals surface area contributed by atoms with Crippen LogP contribution in [0.3, 0.4) is 0 Å². The van der Waals surface area contributed by atoms with Crippen LogP contribution in [0.1, 0.15) is 33.1 Å². The molecule has 2 atom stereocenters.